The van der Waals surface area contributed by atoms with Crippen LogP contribution in [-0.4, -0.2) is 79.0 Å². The van der Waals surface area contributed by atoms with Gasteiger partial charge in [-0.05, 0) is 17.7 Å². The van der Waals surface area contributed by atoms with Crippen LogP contribution in [0.25, 0.3) is 0 Å². The van der Waals surface area contributed by atoms with Gasteiger partial charge in [0.15, 0.2) is 0 Å². The van der Waals surface area contributed by atoms with Crippen LogP contribution in [0.15, 0.2) is 59.5 Å². The van der Waals surface area contributed by atoms with Crippen molar-refractivity contribution >= 4 is 34.8 Å². The lowest BCUT2D eigenvalue weighted by atomic mass is 10.1. The van der Waals surface area contributed by atoms with Crippen molar-refractivity contribution in [3.05, 3.63) is 66.0 Å². The highest BCUT2D eigenvalue weighted by Gasteiger charge is 2.38. The number of aliphatic hydroxyl groups excluding tert-OH is 1. The summed E-state index contributed by atoms with van der Waals surface area (Å²) in [6, 6.07) is 15.6. The van der Waals surface area contributed by atoms with E-state index in [4.69, 9.17) is 0 Å². The van der Waals surface area contributed by atoms with E-state index in [1.54, 1.807) is 0 Å². The summed E-state index contributed by atoms with van der Waals surface area (Å²) in [7, 11) is -3.85. The lowest BCUT2D eigenvalue weighted by molar-refractivity contribution is 0.0618. The quantitative estimate of drug-likeness (QED) is 0.694. The number of halogens is 3. The monoisotopic (exact) mass is 491 g/mol. The predicted molar refractivity (Wildman–Crippen MR) is 123 cm³/mol. The highest BCUT2D eigenvalue weighted by molar-refractivity contribution is 7.89. The Bertz CT molecular complexity index is 944. The van der Waals surface area contributed by atoms with Gasteiger partial charge in [-0.15, -0.1) is 24.8 Å². The van der Waals surface area contributed by atoms with Gasteiger partial charge >= 0.3 is 0 Å². The maximum atomic E-state index is 14.0. The number of piperazine rings is 1. The highest BCUT2D eigenvalue weighted by atomic mass is 35.5. The Morgan fingerprint density at radius 2 is 1.52 bits per heavy atom. The average molecular weight is 492 g/mol. The molecule has 4 rings (SSSR count). The van der Waals surface area contributed by atoms with Gasteiger partial charge in [0, 0.05) is 51.9 Å². The molecule has 0 spiro atoms. The smallest absolute Gasteiger partial charge is 0.246 e. The van der Waals surface area contributed by atoms with Crippen molar-refractivity contribution in [2.45, 2.75) is 23.6 Å². The van der Waals surface area contributed by atoms with E-state index in [-0.39, 0.29) is 35.8 Å². The van der Waals surface area contributed by atoms with Crippen LogP contribution in [0.5, 0.6) is 0 Å². The fourth-order valence-electron chi connectivity index (χ4n) is 4.25. The number of hydrogen-bond acceptors (Lipinski definition) is 5. The second-order valence-electron chi connectivity index (χ2n) is 7.68. The van der Waals surface area contributed by atoms with Gasteiger partial charge in [0.1, 0.15) is 10.7 Å². The summed E-state index contributed by atoms with van der Waals surface area (Å²) in [5.41, 5.74) is 1.21. The van der Waals surface area contributed by atoms with Crippen LogP contribution < -0.4 is 0 Å². The van der Waals surface area contributed by atoms with Crippen LogP contribution in [0.4, 0.5) is 4.39 Å². The van der Waals surface area contributed by atoms with Crippen molar-refractivity contribution < 1.29 is 17.9 Å². The van der Waals surface area contributed by atoms with Crippen LogP contribution in [0, 0.1) is 5.82 Å². The maximum absolute atomic E-state index is 14.0. The molecule has 10 heteroatoms. The molecule has 0 radical (unpaired) electrons. The summed E-state index contributed by atoms with van der Waals surface area (Å²) in [6.07, 6.45) is -0.464. The van der Waals surface area contributed by atoms with Crippen LogP contribution >= 0.6 is 24.8 Å². The minimum absolute atomic E-state index is 0. The van der Waals surface area contributed by atoms with Crippen molar-refractivity contribution in [3.63, 3.8) is 0 Å². The molecule has 0 aliphatic carbocycles. The van der Waals surface area contributed by atoms with Crippen molar-refractivity contribution in [1.82, 2.24) is 14.1 Å². The van der Waals surface area contributed by atoms with Crippen LogP contribution in [0.1, 0.15) is 5.56 Å². The van der Waals surface area contributed by atoms with Crippen LogP contribution in [0.3, 0.4) is 0 Å². The zero-order valence-electron chi connectivity index (χ0n) is 17.0. The molecule has 0 saturated carbocycles. The summed E-state index contributed by atoms with van der Waals surface area (Å²) in [6.45, 7) is 3.76. The van der Waals surface area contributed by atoms with E-state index < -0.39 is 21.9 Å². The van der Waals surface area contributed by atoms with Crippen molar-refractivity contribution in [2.24, 2.45) is 0 Å². The van der Waals surface area contributed by atoms with Crippen LogP contribution in [-0.2, 0) is 16.6 Å². The van der Waals surface area contributed by atoms with Gasteiger partial charge in [-0.3, -0.25) is 9.80 Å². The molecule has 2 heterocycles. The van der Waals surface area contributed by atoms with E-state index in [0.29, 0.717) is 32.7 Å². The van der Waals surface area contributed by atoms with Crippen molar-refractivity contribution in [2.75, 3.05) is 39.3 Å². The van der Waals surface area contributed by atoms with Crippen LogP contribution in [0.2, 0.25) is 0 Å². The predicted octanol–water partition coefficient (Wildman–Crippen LogP) is 2.22. The van der Waals surface area contributed by atoms with Gasteiger partial charge < -0.3 is 5.11 Å². The first kappa shape index (κ1) is 26.0. The summed E-state index contributed by atoms with van der Waals surface area (Å²) < 4.78 is 40.9. The molecule has 0 bridgehead atoms. The first-order valence-electron chi connectivity index (χ1n) is 9.88. The summed E-state index contributed by atoms with van der Waals surface area (Å²) >= 11 is 0. The second kappa shape index (κ2) is 11.0. The molecule has 0 aromatic heterocycles. The largest absolute Gasteiger partial charge is 0.390 e. The topological polar surface area (TPSA) is 64.1 Å². The summed E-state index contributed by atoms with van der Waals surface area (Å²) in [5, 5.41) is 10.6. The van der Waals surface area contributed by atoms with E-state index in [0.717, 1.165) is 13.1 Å². The number of nitrogens with zero attached hydrogens (tertiary/aromatic N) is 3. The Morgan fingerprint density at radius 1 is 0.903 bits per heavy atom. The van der Waals surface area contributed by atoms with Gasteiger partial charge in [0.05, 0.1) is 6.10 Å². The normalized spacial score (nSPS) is 23.2. The van der Waals surface area contributed by atoms with E-state index >= 15 is 0 Å². The molecule has 31 heavy (non-hydrogen) atoms. The number of hydrogen-bond donors (Lipinski definition) is 1. The first-order chi connectivity index (χ1) is 13.9. The Labute approximate surface area is 195 Å². The fraction of sp³-hybridized carbons (Fsp3) is 0.429. The second-order valence-corrected chi connectivity index (χ2v) is 9.59. The number of rotatable bonds is 5. The molecule has 2 unspecified atom stereocenters. The molecule has 6 nitrogen and oxygen atoms in total. The molecule has 2 aromatic rings. The molecule has 0 amide bonds. The number of sulfonamides is 1. The minimum Gasteiger partial charge on any atom is -0.390 e. The van der Waals surface area contributed by atoms with E-state index in [1.165, 1.54) is 34.1 Å². The molecule has 2 aliphatic heterocycles. The van der Waals surface area contributed by atoms with Gasteiger partial charge in [-0.2, -0.15) is 4.31 Å². The number of aliphatic hydroxyl groups is 1. The number of β-amino-alcohol motifs (C(OH)–C–C–N with tert-alkyl or cyclic N) is 1. The molecule has 2 atom stereocenters. The Kier molecular flexibility index (Phi) is 9.27. The van der Waals surface area contributed by atoms with Gasteiger partial charge in [0.25, 0.3) is 0 Å². The average Bonchev–Trinajstić information content (AvgIpc) is 3.09. The van der Waals surface area contributed by atoms with E-state index in [9.17, 15) is 17.9 Å². The molecule has 2 saturated heterocycles. The Morgan fingerprint density at radius 3 is 2.16 bits per heavy atom. The SMILES string of the molecule is Cl.Cl.O=S(=O)(c1ccccc1F)N1CCN(C2CN(Cc3ccccc3)CC2O)CC1. The molecular formula is C21H28Cl2FN3O3S. The zero-order chi connectivity index (χ0) is 20.4. The minimum atomic E-state index is -3.85. The van der Waals surface area contributed by atoms with E-state index in [1.807, 2.05) is 18.2 Å². The molecule has 2 aliphatic rings. The third-order valence-corrected chi connectivity index (χ3v) is 7.71. The van der Waals surface area contributed by atoms with E-state index in [2.05, 4.69) is 21.9 Å². The Balaban J connectivity index is 0.00000171. The number of benzene rings is 2. The molecule has 2 aromatic carbocycles. The zero-order valence-corrected chi connectivity index (χ0v) is 19.5. The number of likely N-dealkylation sites (tertiary alicyclic amines) is 1. The highest BCUT2D eigenvalue weighted by Crippen LogP contribution is 2.24. The Hall–Kier alpha value is -1.26. The summed E-state index contributed by atoms with van der Waals surface area (Å²) in [5.74, 6) is -0.724. The van der Waals surface area contributed by atoms with Crippen molar-refractivity contribution in [1.29, 1.82) is 0 Å². The summed E-state index contributed by atoms with van der Waals surface area (Å²) in [4.78, 5) is 4.11. The fourth-order valence-corrected chi connectivity index (χ4v) is 5.73. The lowest BCUT2D eigenvalue weighted by Crippen LogP contribution is -2.54. The third-order valence-electron chi connectivity index (χ3n) is 5.78. The standard InChI is InChI=1S/C21H26FN3O3S.2ClH/c22-18-8-4-5-9-21(18)29(27,28)25-12-10-24(11-13-25)19-15-23(16-20(19)26)14-17-6-2-1-3-7-17;;/h1-9,19-20,26H,10-16H2;2*1H. The van der Waals surface area contributed by atoms with Gasteiger partial charge in [0.2, 0.25) is 10.0 Å². The maximum Gasteiger partial charge on any atom is 0.246 e. The molecule has 172 valence electrons. The lowest BCUT2D eigenvalue weighted by Gasteiger charge is -2.38. The van der Waals surface area contributed by atoms with Gasteiger partial charge in [-0.25, -0.2) is 12.8 Å². The third kappa shape index (κ3) is 5.76. The first-order valence-corrected chi connectivity index (χ1v) is 11.3. The molecular weight excluding hydrogens is 464 g/mol. The molecule has 2 fully saturated rings. The van der Waals surface area contributed by atoms with Crippen molar-refractivity contribution in [3.8, 4) is 0 Å². The van der Waals surface area contributed by atoms with Gasteiger partial charge in [-0.1, -0.05) is 42.5 Å². The molecule has 1 N–H and O–H groups in total.